The largest absolute Gasteiger partial charge is 0.479 e. The molecule has 1 aromatic rings. The summed E-state index contributed by atoms with van der Waals surface area (Å²) in [5, 5.41) is 14.6. The third-order valence-corrected chi connectivity index (χ3v) is 1.94. The Bertz CT molecular complexity index is 401. The summed E-state index contributed by atoms with van der Waals surface area (Å²) in [6.07, 6.45) is -0.860. The molecule has 1 atom stereocenters. The van der Waals surface area contributed by atoms with Gasteiger partial charge in [-0.15, -0.1) is 0 Å². The fourth-order valence-corrected chi connectivity index (χ4v) is 1.03. The minimum Gasteiger partial charge on any atom is -0.479 e. The number of ether oxygens (including phenoxy) is 1. The Morgan fingerprint density at radius 2 is 2.35 bits per heavy atom. The van der Waals surface area contributed by atoms with Gasteiger partial charge >= 0.3 is 5.97 Å². The zero-order chi connectivity index (χ0) is 12.8. The van der Waals surface area contributed by atoms with Gasteiger partial charge in [-0.2, -0.15) is 0 Å². The number of anilines is 1. The molecule has 0 bridgehead atoms. The smallest absolute Gasteiger partial charge is 0.332 e. The van der Waals surface area contributed by atoms with Gasteiger partial charge in [-0.05, 0) is 13.8 Å². The molecule has 7 nitrogen and oxygen atoms in total. The SMILES string of the molecule is Cc1cc(NC(=O)CCOC(C)C(=O)O)no1. The molecule has 0 aliphatic carbocycles. The van der Waals surface area contributed by atoms with E-state index in [0.29, 0.717) is 11.6 Å². The van der Waals surface area contributed by atoms with Crippen LogP contribution in [0.2, 0.25) is 0 Å². The topological polar surface area (TPSA) is 102 Å². The van der Waals surface area contributed by atoms with Crippen molar-refractivity contribution >= 4 is 17.7 Å². The minimum atomic E-state index is -1.06. The maximum atomic E-state index is 11.4. The van der Waals surface area contributed by atoms with Gasteiger partial charge in [-0.3, -0.25) is 4.79 Å². The second-order valence-electron chi connectivity index (χ2n) is 3.47. The van der Waals surface area contributed by atoms with Crippen molar-refractivity contribution in [1.29, 1.82) is 0 Å². The molecule has 0 fully saturated rings. The van der Waals surface area contributed by atoms with Crippen LogP contribution in [0.4, 0.5) is 5.82 Å². The number of carbonyl (C=O) groups is 2. The van der Waals surface area contributed by atoms with Crippen LogP contribution in [0.15, 0.2) is 10.6 Å². The first-order valence-corrected chi connectivity index (χ1v) is 5.06. The van der Waals surface area contributed by atoms with Crippen molar-refractivity contribution in [3.63, 3.8) is 0 Å². The second-order valence-corrected chi connectivity index (χ2v) is 3.47. The number of aliphatic carboxylic acids is 1. The molecule has 0 spiro atoms. The molecule has 0 aliphatic rings. The molecule has 17 heavy (non-hydrogen) atoms. The van der Waals surface area contributed by atoms with E-state index in [-0.39, 0.29) is 18.9 Å². The summed E-state index contributed by atoms with van der Waals surface area (Å²) in [5.41, 5.74) is 0. The Balaban J connectivity index is 2.24. The van der Waals surface area contributed by atoms with Crippen molar-refractivity contribution in [2.45, 2.75) is 26.4 Å². The Kier molecular flexibility index (Phi) is 4.65. The molecule has 2 N–H and O–H groups in total. The van der Waals surface area contributed by atoms with Crippen molar-refractivity contribution < 1.29 is 24.0 Å². The van der Waals surface area contributed by atoms with Crippen molar-refractivity contribution in [1.82, 2.24) is 5.16 Å². The van der Waals surface area contributed by atoms with E-state index in [1.54, 1.807) is 13.0 Å². The van der Waals surface area contributed by atoms with Crippen molar-refractivity contribution in [2.24, 2.45) is 0 Å². The molecule has 1 aromatic heterocycles. The molecule has 1 unspecified atom stereocenters. The quantitative estimate of drug-likeness (QED) is 0.765. The number of carboxylic acid groups (broad SMARTS) is 1. The van der Waals surface area contributed by atoms with E-state index in [1.807, 2.05) is 0 Å². The van der Waals surface area contributed by atoms with Crippen molar-refractivity contribution in [3.8, 4) is 0 Å². The van der Waals surface area contributed by atoms with Crippen LogP contribution < -0.4 is 5.32 Å². The van der Waals surface area contributed by atoms with E-state index in [1.165, 1.54) is 6.92 Å². The van der Waals surface area contributed by atoms with Crippen LogP contribution in [0.1, 0.15) is 19.1 Å². The Hall–Kier alpha value is -1.89. The highest BCUT2D eigenvalue weighted by Crippen LogP contribution is 2.07. The van der Waals surface area contributed by atoms with E-state index in [2.05, 4.69) is 10.5 Å². The third kappa shape index (κ3) is 4.64. The molecule has 0 radical (unpaired) electrons. The predicted octanol–water partition coefficient (Wildman–Crippen LogP) is 0.801. The van der Waals surface area contributed by atoms with Crippen LogP contribution in [-0.4, -0.2) is 34.9 Å². The van der Waals surface area contributed by atoms with Gasteiger partial charge in [0.15, 0.2) is 11.9 Å². The van der Waals surface area contributed by atoms with Crippen LogP contribution in [0.25, 0.3) is 0 Å². The number of hydrogen-bond donors (Lipinski definition) is 2. The molecule has 0 saturated carbocycles. The van der Waals surface area contributed by atoms with Gasteiger partial charge in [-0.1, -0.05) is 5.16 Å². The maximum Gasteiger partial charge on any atom is 0.332 e. The van der Waals surface area contributed by atoms with Crippen LogP contribution in [0.5, 0.6) is 0 Å². The lowest BCUT2D eigenvalue weighted by molar-refractivity contribution is -0.149. The first kappa shape index (κ1) is 13.2. The summed E-state index contributed by atoms with van der Waals surface area (Å²) >= 11 is 0. The highest BCUT2D eigenvalue weighted by molar-refractivity contribution is 5.89. The molecule has 0 saturated heterocycles. The van der Waals surface area contributed by atoms with Gasteiger partial charge in [0.05, 0.1) is 13.0 Å². The maximum absolute atomic E-state index is 11.4. The molecular formula is C10H14N2O5. The number of aromatic nitrogens is 1. The Morgan fingerprint density at radius 1 is 1.65 bits per heavy atom. The van der Waals surface area contributed by atoms with E-state index < -0.39 is 12.1 Å². The summed E-state index contributed by atoms with van der Waals surface area (Å²) in [6, 6.07) is 1.58. The molecular weight excluding hydrogens is 228 g/mol. The lowest BCUT2D eigenvalue weighted by atomic mass is 10.4. The van der Waals surface area contributed by atoms with E-state index in [9.17, 15) is 9.59 Å². The molecule has 7 heteroatoms. The van der Waals surface area contributed by atoms with Crippen LogP contribution >= 0.6 is 0 Å². The average molecular weight is 242 g/mol. The summed E-state index contributed by atoms with van der Waals surface area (Å²) in [4.78, 5) is 21.8. The van der Waals surface area contributed by atoms with Crippen LogP contribution in [0.3, 0.4) is 0 Å². The molecule has 1 heterocycles. The predicted molar refractivity (Wildman–Crippen MR) is 57.5 cm³/mol. The van der Waals surface area contributed by atoms with Crippen LogP contribution in [0, 0.1) is 6.92 Å². The minimum absolute atomic E-state index is 0.0378. The molecule has 94 valence electrons. The third-order valence-electron chi connectivity index (χ3n) is 1.94. The number of amides is 1. The standard InChI is InChI=1S/C10H14N2O5/c1-6-5-8(12-17-6)11-9(13)3-4-16-7(2)10(14)15/h5,7H,3-4H2,1-2H3,(H,14,15)(H,11,12,13). The van der Waals surface area contributed by atoms with E-state index >= 15 is 0 Å². The van der Waals surface area contributed by atoms with Crippen LogP contribution in [-0.2, 0) is 14.3 Å². The average Bonchev–Trinajstić information content (AvgIpc) is 2.63. The zero-order valence-electron chi connectivity index (χ0n) is 9.60. The summed E-state index contributed by atoms with van der Waals surface area (Å²) < 4.78 is 9.68. The molecule has 0 aromatic carbocycles. The van der Waals surface area contributed by atoms with Crippen molar-refractivity contribution in [2.75, 3.05) is 11.9 Å². The fraction of sp³-hybridized carbons (Fsp3) is 0.500. The van der Waals surface area contributed by atoms with Gasteiger partial charge in [0.2, 0.25) is 5.91 Å². The Labute approximate surface area is 97.7 Å². The summed E-state index contributed by atoms with van der Waals surface area (Å²) in [6.45, 7) is 3.15. The lowest BCUT2D eigenvalue weighted by Gasteiger charge is -2.07. The summed E-state index contributed by atoms with van der Waals surface area (Å²) in [7, 11) is 0. The molecule has 0 aliphatic heterocycles. The number of carbonyl (C=O) groups excluding carboxylic acids is 1. The van der Waals surface area contributed by atoms with Gasteiger partial charge in [0.25, 0.3) is 0 Å². The first-order chi connectivity index (χ1) is 7.99. The van der Waals surface area contributed by atoms with Gasteiger partial charge in [-0.25, -0.2) is 4.79 Å². The van der Waals surface area contributed by atoms with E-state index in [0.717, 1.165) is 0 Å². The number of nitrogens with one attached hydrogen (secondary N) is 1. The normalized spacial score (nSPS) is 12.1. The Morgan fingerprint density at radius 3 is 2.88 bits per heavy atom. The number of hydrogen-bond acceptors (Lipinski definition) is 5. The first-order valence-electron chi connectivity index (χ1n) is 5.06. The van der Waals surface area contributed by atoms with Gasteiger partial charge in [0.1, 0.15) is 5.76 Å². The second kappa shape index (κ2) is 6.00. The fourth-order valence-electron chi connectivity index (χ4n) is 1.03. The molecule has 1 amide bonds. The monoisotopic (exact) mass is 242 g/mol. The lowest BCUT2D eigenvalue weighted by Crippen LogP contribution is -2.22. The van der Waals surface area contributed by atoms with E-state index in [4.69, 9.17) is 14.4 Å². The van der Waals surface area contributed by atoms with Gasteiger partial charge < -0.3 is 19.7 Å². The highest BCUT2D eigenvalue weighted by Gasteiger charge is 2.12. The number of aryl methyl sites for hydroxylation is 1. The zero-order valence-corrected chi connectivity index (χ0v) is 9.60. The molecule has 1 rings (SSSR count). The number of carboxylic acids is 1. The number of nitrogens with zero attached hydrogens (tertiary/aromatic N) is 1. The highest BCUT2D eigenvalue weighted by atomic mass is 16.5. The summed E-state index contributed by atoms with van der Waals surface area (Å²) in [5.74, 6) is -0.441. The van der Waals surface area contributed by atoms with Crippen molar-refractivity contribution in [3.05, 3.63) is 11.8 Å². The number of rotatable bonds is 6. The van der Waals surface area contributed by atoms with Gasteiger partial charge in [0, 0.05) is 6.07 Å².